The van der Waals surface area contributed by atoms with Gasteiger partial charge < -0.3 is 14.8 Å². The molecule has 1 amide bonds. The summed E-state index contributed by atoms with van der Waals surface area (Å²) in [5.41, 5.74) is 1.80. The van der Waals surface area contributed by atoms with Crippen LogP contribution in [-0.4, -0.2) is 18.1 Å². The molecule has 0 aliphatic carbocycles. The summed E-state index contributed by atoms with van der Waals surface area (Å²) in [6, 6.07) is 15.5. The molecule has 0 spiro atoms. The molecule has 1 aliphatic heterocycles. The number of fused-ring (bicyclic) bond motifs is 1. The highest BCUT2D eigenvalue weighted by atomic mass is 16.5. The molecule has 2 aromatic carbocycles. The van der Waals surface area contributed by atoms with Crippen LogP contribution in [0.5, 0.6) is 11.5 Å². The average molecular weight is 325 g/mol. The van der Waals surface area contributed by atoms with Crippen molar-refractivity contribution in [3.05, 3.63) is 59.7 Å². The van der Waals surface area contributed by atoms with Gasteiger partial charge in [0, 0.05) is 12.0 Å². The van der Waals surface area contributed by atoms with Gasteiger partial charge in [-0.25, -0.2) is 0 Å². The minimum atomic E-state index is -0.316. The molecule has 0 saturated carbocycles. The van der Waals surface area contributed by atoms with E-state index >= 15 is 0 Å². The summed E-state index contributed by atoms with van der Waals surface area (Å²) in [5.74, 6) is 1.41. The Hall–Kier alpha value is -2.49. The van der Waals surface area contributed by atoms with Crippen LogP contribution in [0.25, 0.3) is 0 Å². The summed E-state index contributed by atoms with van der Waals surface area (Å²) in [7, 11) is 0. The Bertz CT molecular complexity index is 739. The number of carbonyl (C=O) groups is 1. The van der Waals surface area contributed by atoms with Gasteiger partial charge in [0.2, 0.25) is 0 Å². The third-order valence-corrected chi connectivity index (χ3v) is 4.07. The number of rotatable bonds is 4. The molecule has 1 aliphatic rings. The van der Waals surface area contributed by atoms with Gasteiger partial charge in [-0.15, -0.1) is 0 Å². The minimum Gasteiger partial charge on any atom is -0.487 e. The molecule has 0 unspecified atom stereocenters. The Labute approximate surface area is 142 Å². The molecule has 0 saturated heterocycles. The van der Waals surface area contributed by atoms with Gasteiger partial charge >= 0.3 is 0 Å². The van der Waals surface area contributed by atoms with Crippen LogP contribution in [0.3, 0.4) is 0 Å². The van der Waals surface area contributed by atoms with Crippen LogP contribution in [0, 0.1) is 6.92 Å². The van der Waals surface area contributed by atoms with E-state index in [1.807, 2.05) is 69.3 Å². The van der Waals surface area contributed by atoms with Gasteiger partial charge in [0.15, 0.2) is 6.61 Å². The first kappa shape index (κ1) is 16.4. The lowest BCUT2D eigenvalue weighted by Crippen LogP contribution is -2.42. The van der Waals surface area contributed by atoms with Gasteiger partial charge in [0.1, 0.15) is 17.1 Å². The Morgan fingerprint density at radius 1 is 1.25 bits per heavy atom. The van der Waals surface area contributed by atoms with Crippen molar-refractivity contribution in [2.45, 2.75) is 38.8 Å². The van der Waals surface area contributed by atoms with E-state index in [0.29, 0.717) is 5.75 Å². The maximum atomic E-state index is 12.3. The number of ether oxygens (including phenoxy) is 2. The summed E-state index contributed by atoms with van der Waals surface area (Å²) in [4.78, 5) is 12.3. The van der Waals surface area contributed by atoms with E-state index in [1.54, 1.807) is 0 Å². The molecule has 0 fully saturated rings. The Balaban J connectivity index is 1.65. The molecule has 1 atom stereocenters. The summed E-state index contributed by atoms with van der Waals surface area (Å²) >= 11 is 0. The molecule has 4 nitrogen and oxygen atoms in total. The number of carbonyl (C=O) groups excluding carboxylic acids is 1. The van der Waals surface area contributed by atoms with Gasteiger partial charge in [-0.05, 0) is 44.5 Å². The molecule has 0 radical (unpaired) electrons. The molecule has 1 heterocycles. The third kappa shape index (κ3) is 3.88. The highest BCUT2D eigenvalue weighted by molar-refractivity contribution is 5.78. The van der Waals surface area contributed by atoms with E-state index in [0.717, 1.165) is 23.3 Å². The van der Waals surface area contributed by atoms with Crippen molar-refractivity contribution in [1.29, 1.82) is 0 Å². The fourth-order valence-corrected chi connectivity index (χ4v) is 3.02. The zero-order chi connectivity index (χ0) is 17.2. The van der Waals surface area contributed by atoms with Crippen molar-refractivity contribution in [1.82, 2.24) is 5.32 Å². The first-order valence-electron chi connectivity index (χ1n) is 8.20. The van der Waals surface area contributed by atoms with Crippen molar-refractivity contribution in [2.75, 3.05) is 6.61 Å². The number of hydrogen-bond donors (Lipinski definition) is 1. The molecule has 2 aromatic rings. The first-order valence-corrected chi connectivity index (χ1v) is 8.20. The van der Waals surface area contributed by atoms with Gasteiger partial charge in [0.05, 0.1) is 6.04 Å². The zero-order valence-electron chi connectivity index (χ0n) is 14.3. The number of nitrogens with one attached hydrogen (secondary N) is 1. The van der Waals surface area contributed by atoms with Crippen molar-refractivity contribution < 1.29 is 14.3 Å². The number of aryl methyl sites for hydroxylation is 1. The normalized spacial score (nSPS) is 18.2. The Morgan fingerprint density at radius 2 is 2.04 bits per heavy atom. The predicted molar refractivity (Wildman–Crippen MR) is 93.3 cm³/mol. The fraction of sp³-hybridized carbons (Fsp3) is 0.350. The Morgan fingerprint density at radius 3 is 2.83 bits per heavy atom. The monoisotopic (exact) mass is 325 g/mol. The maximum absolute atomic E-state index is 12.3. The highest BCUT2D eigenvalue weighted by Crippen LogP contribution is 2.39. The molecule has 3 rings (SSSR count). The van der Waals surface area contributed by atoms with E-state index in [4.69, 9.17) is 9.47 Å². The van der Waals surface area contributed by atoms with E-state index in [1.165, 1.54) is 0 Å². The number of hydrogen-bond acceptors (Lipinski definition) is 3. The Kier molecular flexibility index (Phi) is 4.47. The lowest BCUT2D eigenvalue weighted by molar-refractivity contribution is -0.124. The van der Waals surface area contributed by atoms with Crippen molar-refractivity contribution in [2.24, 2.45) is 0 Å². The number of para-hydroxylation sites is 1. The molecular formula is C20H23NO3. The first-order chi connectivity index (χ1) is 11.4. The molecular weight excluding hydrogens is 302 g/mol. The van der Waals surface area contributed by atoms with Gasteiger partial charge in [-0.2, -0.15) is 0 Å². The summed E-state index contributed by atoms with van der Waals surface area (Å²) < 4.78 is 11.6. The second-order valence-corrected chi connectivity index (χ2v) is 6.83. The zero-order valence-corrected chi connectivity index (χ0v) is 14.3. The molecule has 1 N–H and O–H groups in total. The van der Waals surface area contributed by atoms with E-state index in [2.05, 4.69) is 5.32 Å². The second kappa shape index (κ2) is 6.56. The summed E-state index contributed by atoms with van der Waals surface area (Å²) in [5, 5.41) is 3.07. The van der Waals surface area contributed by atoms with E-state index in [-0.39, 0.29) is 24.2 Å². The SMILES string of the molecule is Cc1cccc(OCC(=O)N[C@@H]2CC(C)(C)Oc3ccccc32)c1. The number of amides is 1. The molecule has 4 heteroatoms. The smallest absolute Gasteiger partial charge is 0.258 e. The average Bonchev–Trinajstić information content (AvgIpc) is 2.52. The van der Waals surface area contributed by atoms with Crippen LogP contribution in [0.15, 0.2) is 48.5 Å². The summed E-state index contributed by atoms with van der Waals surface area (Å²) in [6.07, 6.45) is 0.722. The van der Waals surface area contributed by atoms with Crippen molar-refractivity contribution >= 4 is 5.91 Å². The van der Waals surface area contributed by atoms with Crippen molar-refractivity contribution in [3.8, 4) is 11.5 Å². The maximum Gasteiger partial charge on any atom is 0.258 e. The van der Waals surface area contributed by atoms with Gasteiger partial charge in [-0.1, -0.05) is 30.3 Å². The molecule has 126 valence electrons. The standard InChI is InChI=1S/C20H23NO3/c1-14-7-6-8-15(11-14)23-13-19(22)21-17-12-20(2,3)24-18-10-5-4-9-16(17)18/h4-11,17H,12-13H2,1-3H3,(H,21,22)/t17-/m1/s1. The topological polar surface area (TPSA) is 47.6 Å². The van der Waals surface area contributed by atoms with Gasteiger partial charge in [-0.3, -0.25) is 4.79 Å². The van der Waals surface area contributed by atoms with Crippen LogP contribution in [0.1, 0.15) is 37.4 Å². The molecule has 0 bridgehead atoms. The minimum absolute atomic E-state index is 0.00338. The second-order valence-electron chi connectivity index (χ2n) is 6.83. The van der Waals surface area contributed by atoms with Crippen LogP contribution < -0.4 is 14.8 Å². The van der Waals surface area contributed by atoms with E-state index in [9.17, 15) is 4.79 Å². The third-order valence-electron chi connectivity index (χ3n) is 4.07. The largest absolute Gasteiger partial charge is 0.487 e. The van der Waals surface area contributed by atoms with Crippen molar-refractivity contribution in [3.63, 3.8) is 0 Å². The fourth-order valence-electron chi connectivity index (χ4n) is 3.02. The highest BCUT2D eigenvalue weighted by Gasteiger charge is 2.34. The number of benzene rings is 2. The predicted octanol–water partition coefficient (Wildman–Crippen LogP) is 3.79. The van der Waals surface area contributed by atoms with Gasteiger partial charge in [0.25, 0.3) is 5.91 Å². The lowest BCUT2D eigenvalue weighted by atomic mass is 9.90. The van der Waals surface area contributed by atoms with E-state index < -0.39 is 0 Å². The van der Waals surface area contributed by atoms with Crippen LogP contribution >= 0.6 is 0 Å². The molecule has 24 heavy (non-hydrogen) atoms. The van der Waals surface area contributed by atoms with Crippen LogP contribution in [-0.2, 0) is 4.79 Å². The van der Waals surface area contributed by atoms with Crippen LogP contribution in [0.4, 0.5) is 0 Å². The van der Waals surface area contributed by atoms with Crippen LogP contribution in [0.2, 0.25) is 0 Å². The molecule has 0 aromatic heterocycles. The summed E-state index contributed by atoms with van der Waals surface area (Å²) in [6.45, 7) is 6.06. The quantitative estimate of drug-likeness (QED) is 0.930. The lowest BCUT2D eigenvalue weighted by Gasteiger charge is -2.37.